The van der Waals surface area contributed by atoms with Crippen molar-refractivity contribution in [1.82, 2.24) is 0 Å². The molecule has 0 aliphatic carbocycles. The van der Waals surface area contributed by atoms with E-state index in [-0.39, 0.29) is 6.61 Å². The van der Waals surface area contributed by atoms with Crippen molar-refractivity contribution in [2.75, 3.05) is 6.61 Å². The standard InChI is InChI=1S/C13H13ClO4/c1-3-18-13(17)12(16)8(2)11(15)9-5-4-6-10(14)7-9/h4-8H,3H2,1-2H3. The second kappa shape index (κ2) is 6.31. The molecule has 0 radical (unpaired) electrons. The van der Waals surface area contributed by atoms with Crippen molar-refractivity contribution in [2.45, 2.75) is 13.8 Å². The van der Waals surface area contributed by atoms with Gasteiger partial charge in [0.1, 0.15) is 0 Å². The summed E-state index contributed by atoms with van der Waals surface area (Å²) in [6.45, 7) is 3.07. The Morgan fingerprint density at radius 1 is 1.33 bits per heavy atom. The molecular formula is C13H13ClO4. The second-order valence-corrected chi connectivity index (χ2v) is 4.12. The van der Waals surface area contributed by atoms with Crippen LogP contribution in [0.3, 0.4) is 0 Å². The van der Waals surface area contributed by atoms with Gasteiger partial charge in [0.05, 0.1) is 12.5 Å². The molecule has 0 saturated heterocycles. The van der Waals surface area contributed by atoms with Gasteiger partial charge in [0.15, 0.2) is 5.78 Å². The van der Waals surface area contributed by atoms with Crippen LogP contribution in [0, 0.1) is 5.92 Å². The van der Waals surface area contributed by atoms with Gasteiger partial charge in [-0.25, -0.2) is 4.79 Å². The number of carbonyl (C=O) groups is 3. The van der Waals surface area contributed by atoms with Gasteiger partial charge in [0.25, 0.3) is 5.78 Å². The van der Waals surface area contributed by atoms with E-state index in [9.17, 15) is 14.4 Å². The van der Waals surface area contributed by atoms with Crippen molar-refractivity contribution in [1.29, 1.82) is 0 Å². The molecule has 0 aliphatic heterocycles. The molecule has 0 aromatic heterocycles. The maximum absolute atomic E-state index is 12.0. The van der Waals surface area contributed by atoms with Crippen LogP contribution in [-0.2, 0) is 14.3 Å². The highest BCUT2D eigenvalue weighted by Crippen LogP contribution is 2.15. The molecular weight excluding hydrogens is 256 g/mol. The number of halogens is 1. The summed E-state index contributed by atoms with van der Waals surface area (Å²) in [5.41, 5.74) is 0.299. The Balaban J connectivity index is 2.84. The van der Waals surface area contributed by atoms with E-state index in [4.69, 9.17) is 11.6 Å². The zero-order chi connectivity index (χ0) is 13.7. The fourth-order valence-electron chi connectivity index (χ4n) is 1.39. The van der Waals surface area contributed by atoms with Crippen LogP contribution in [0.15, 0.2) is 24.3 Å². The maximum Gasteiger partial charge on any atom is 0.375 e. The van der Waals surface area contributed by atoms with Gasteiger partial charge in [-0.2, -0.15) is 0 Å². The van der Waals surface area contributed by atoms with E-state index in [2.05, 4.69) is 4.74 Å². The molecule has 1 unspecified atom stereocenters. The fourth-order valence-corrected chi connectivity index (χ4v) is 1.58. The van der Waals surface area contributed by atoms with E-state index in [1.165, 1.54) is 13.0 Å². The van der Waals surface area contributed by atoms with Gasteiger partial charge in [-0.15, -0.1) is 0 Å². The predicted octanol–water partition coefficient (Wildman–Crippen LogP) is 2.29. The van der Waals surface area contributed by atoms with Crippen LogP contribution in [0.25, 0.3) is 0 Å². The normalized spacial score (nSPS) is 11.7. The molecule has 0 aliphatic rings. The van der Waals surface area contributed by atoms with Crippen molar-refractivity contribution in [2.24, 2.45) is 5.92 Å². The number of hydrogen-bond donors (Lipinski definition) is 0. The van der Waals surface area contributed by atoms with E-state index in [0.29, 0.717) is 10.6 Å². The van der Waals surface area contributed by atoms with Crippen LogP contribution < -0.4 is 0 Å². The molecule has 0 heterocycles. The Kier molecular flexibility index (Phi) is 5.04. The summed E-state index contributed by atoms with van der Waals surface area (Å²) in [5.74, 6) is -3.35. The summed E-state index contributed by atoms with van der Waals surface area (Å²) in [6.07, 6.45) is 0. The second-order valence-electron chi connectivity index (χ2n) is 3.68. The molecule has 0 N–H and O–H groups in total. The largest absolute Gasteiger partial charge is 0.460 e. The molecule has 4 nitrogen and oxygen atoms in total. The van der Waals surface area contributed by atoms with Crippen LogP contribution >= 0.6 is 11.6 Å². The van der Waals surface area contributed by atoms with Crippen LogP contribution in [0.4, 0.5) is 0 Å². The summed E-state index contributed by atoms with van der Waals surface area (Å²) in [5, 5.41) is 0.400. The van der Waals surface area contributed by atoms with Gasteiger partial charge in [-0.3, -0.25) is 9.59 Å². The predicted molar refractivity (Wildman–Crippen MR) is 66.6 cm³/mol. The first kappa shape index (κ1) is 14.4. The molecule has 18 heavy (non-hydrogen) atoms. The van der Waals surface area contributed by atoms with E-state index < -0.39 is 23.5 Å². The summed E-state index contributed by atoms with van der Waals surface area (Å²) in [7, 11) is 0. The molecule has 1 aromatic rings. The summed E-state index contributed by atoms with van der Waals surface area (Å²) in [6, 6.07) is 6.23. The molecule has 0 fully saturated rings. The number of rotatable bonds is 5. The zero-order valence-corrected chi connectivity index (χ0v) is 10.9. The number of ketones is 2. The molecule has 5 heteroatoms. The Bertz CT molecular complexity index is 482. The van der Waals surface area contributed by atoms with Crippen LogP contribution in [0.5, 0.6) is 0 Å². The quantitative estimate of drug-likeness (QED) is 0.356. The molecule has 1 rings (SSSR count). The Hall–Kier alpha value is -1.68. The minimum atomic E-state index is -1.07. The van der Waals surface area contributed by atoms with Crippen molar-refractivity contribution in [3.63, 3.8) is 0 Å². The molecule has 0 amide bonds. The van der Waals surface area contributed by atoms with Gasteiger partial charge in [0.2, 0.25) is 0 Å². The third-order valence-corrected chi connectivity index (χ3v) is 2.61. The van der Waals surface area contributed by atoms with E-state index in [1.807, 2.05) is 0 Å². The maximum atomic E-state index is 12.0. The van der Waals surface area contributed by atoms with Gasteiger partial charge < -0.3 is 4.74 Å². The average Bonchev–Trinajstić information content (AvgIpc) is 2.36. The third-order valence-electron chi connectivity index (χ3n) is 2.37. The number of carbonyl (C=O) groups excluding carboxylic acids is 3. The smallest absolute Gasteiger partial charge is 0.375 e. The highest BCUT2D eigenvalue weighted by Gasteiger charge is 2.29. The number of benzene rings is 1. The van der Waals surface area contributed by atoms with Gasteiger partial charge >= 0.3 is 5.97 Å². The lowest BCUT2D eigenvalue weighted by molar-refractivity contribution is -0.154. The first-order chi connectivity index (χ1) is 8.47. The van der Waals surface area contributed by atoms with Crippen molar-refractivity contribution in [3.05, 3.63) is 34.9 Å². The van der Waals surface area contributed by atoms with E-state index in [1.54, 1.807) is 25.1 Å². The van der Waals surface area contributed by atoms with Crippen LogP contribution in [0.1, 0.15) is 24.2 Å². The summed E-state index contributed by atoms with van der Waals surface area (Å²) < 4.78 is 4.57. The van der Waals surface area contributed by atoms with Crippen LogP contribution in [0.2, 0.25) is 5.02 Å². The number of esters is 1. The average molecular weight is 269 g/mol. The first-order valence-corrected chi connectivity index (χ1v) is 5.86. The highest BCUT2D eigenvalue weighted by molar-refractivity contribution is 6.39. The Morgan fingerprint density at radius 2 is 2.00 bits per heavy atom. The molecule has 0 spiro atoms. The number of Topliss-reactive ketones (excluding diaryl/α,β-unsaturated/α-hetero) is 2. The molecule has 0 bridgehead atoms. The van der Waals surface area contributed by atoms with Crippen molar-refractivity contribution < 1.29 is 19.1 Å². The van der Waals surface area contributed by atoms with Gasteiger partial charge in [-0.1, -0.05) is 23.7 Å². The molecule has 96 valence electrons. The molecule has 1 aromatic carbocycles. The minimum Gasteiger partial charge on any atom is -0.460 e. The topological polar surface area (TPSA) is 60.4 Å². The SMILES string of the molecule is CCOC(=O)C(=O)C(C)C(=O)c1cccc(Cl)c1. The fraction of sp³-hybridized carbons (Fsp3) is 0.308. The van der Waals surface area contributed by atoms with E-state index in [0.717, 1.165) is 0 Å². The zero-order valence-electron chi connectivity index (χ0n) is 10.1. The summed E-state index contributed by atoms with van der Waals surface area (Å²) >= 11 is 5.76. The Morgan fingerprint density at radius 3 is 2.56 bits per heavy atom. The van der Waals surface area contributed by atoms with Gasteiger partial charge in [0, 0.05) is 10.6 Å². The molecule has 0 saturated carbocycles. The van der Waals surface area contributed by atoms with E-state index >= 15 is 0 Å². The third kappa shape index (κ3) is 3.40. The lowest BCUT2D eigenvalue weighted by Crippen LogP contribution is -2.29. The number of ether oxygens (including phenoxy) is 1. The minimum absolute atomic E-state index is 0.0999. The summed E-state index contributed by atoms with van der Waals surface area (Å²) in [4.78, 5) is 34.8. The lowest BCUT2D eigenvalue weighted by atomic mass is 9.95. The highest BCUT2D eigenvalue weighted by atomic mass is 35.5. The first-order valence-electron chi connectivity index (χ1n) is 5.48. The number of hydrogen-bond acceptors (Lipinski definition) is 4. The Labute approximate surface area is 110 Å². The monoisotopic (exact) mass is 268 g/mol. The lowest BCUT2D eigenvalue weighted by Gasteiger charge is -2.08. The van der Waals surface area contributed by atoms with Crippen molar-refractivity contribution in [3.8, 4) is 0 Å². The van der Waals surface area contributed by atoms with Crippen LogP contribution in [-0.4, -0.2) is 24.1 Å². The van der Waals surface area contributed by atoms with Crippen molar-refractivity contribution >= 4 is 29.1 Å². The van der Waals surface area contributed by atoms with Gasteiger partial charge in [-0.05, 0) is 26.0 Å². The molecule has 1 atom stereocenters.